The van der Waals surface area contributed by atoms with Gasteiger partial charge in [-0.05, 0) is 53.0 Å². The lowest BCUT2D eigenvalue weighted by molar-refractivity contribution is -0.115. The molecule has 0 radical (unpaired) electrons. The number of carbonyl (C=O) groups is 1. The third-order valence-corrected chi connectivity index (χ3v) is 8.25. The predicted octanol–water partition coefficient (Wildman–Crippen LogP) is 4.85. The minimum Gasteiger partial charge on any atom is -0.372 e. The molecule has 4 heterocycles. The van der Waals surface area contributed by atoms with Crippen LogP contribution in [-0.2, 0) is 9.53 Å². The molecule has 1 aromatic heterocycles. The average molecular weight is 616 g/mol. The number of hydrogen-bond acceptors (Lipinski definition) is 8. The van der Waals surface area contributed by atoms with Crippen LogP contribution in [0.4, 0.5) is 34.9 Å². The Labute approximate surface area is 254 Å². The Morgan fingerprint density at radius 2 is 1.64 bits per heavy atom. The Kier molecular flexibility index (Phi) is 8.72. The van der Waals surface area contributed by atoms with E-state index in [1.807, 2.05) is 44.5 Å². The van der Waals surface area contributed by atoms with Crippen LogP contribution in [0.15, 0.2) is 60.2 Å². The number of dihydropyridines is 1. The number of morpholine rings is 1. The van der Waals surface area contributed by atoms with E-state index in [0.29, 0.717) is 43.4 Å². The smallest absolute Gasteiger partial charge is 0.372 e. The van der Waals surface area contributed by atoms with Crippen molar-refractivity contribution >= 4 is 23.2 Å². The largest absolute Gasteiger partial charge is 0.417 e. The van der Waals surface area contributed by atoms with Gasteiger partial charge in [-0.2, -0.15) is 13.2 Å². The van der Waals surface area contributed by atoms with Crippen molar-refractivity contribution in [1.82, 2.24) is 20.2 Å². The molecule has 0 spiro atoms. The number of benzene rings is 1. The summed E-state index contributed by atoms with van der Waals surface area (Å²) >= 11 is 0. The summed E-state index contributed by atoms with van der Waals surface area (Å²) < 4.78 is 63.2. The van der Waals surface area contributed by atoms with E-state index in [-0.39, 0.29) is 41.2 Å². The Hall–Kier alpha value is -3.97. The molecular formula is C31H37F4N7O2. The number of hydrogen-bond donors (Lipinski definition) is 2. The zero-order chi connectivity index (χ0) is 31.9. The van der Waals surface area contributed by atoms with E-state index in [9.17, 15) is 18.0 Å². The van der Waals surface area contributed by atoms with Crippen molar-refractivity contribution in [1.29, 1.82) is 0 Å². The van der Waals surface area contributed by atoms with Crippen LogP contribution in [0.2, 0.25) is 0 Å². The van der Waals surface area contributed by atoms with Crippen molar-refractivity contribution in [3.63, 3.8) is 0 Å². The summed E-state index contributed by atoms with van der Waals surface area (Å²) in [6, 6.07) is 2.95. The summed E-state index contributed by atoms with van der Waals surface area (Å²) in [7, 11) is 2.00. The molecule has 5 rings (SSSR count). The second-order valence-electron chi connectivity index (χ2n) is 11.8. The lowest BCUT2D eigenvalue weighted by Crippen LogP contribution is -2.55. The standard InChI is InChI=1S/C31H37F4N7O2/c1-17-7-25(31(33,34)35)24(12-36-17)29(43)39-27-8-23(26(32)9-28(27)41-13-18(2)40(6)19(3)14-41)22-10-37-30(38-11-22)42-15-20(4)44-21(5)16-42/h7-12,18-21,36H,1,13-16H2,2-6H3,(H,39,43)/t18-,19+,20-,21+. The lowest BCUT2D eigenvalue weighted by atomic mass is 10.0. The molecule has 0 saturated carbocycles. The van der Waals surface area contributed by atoms with Crippen LogP contribution < -0.4 is 20.4 Å². The van der Waals surface area contributed by atoms with Crippen LogP contribution in [0.25, 0.3) is 11.1 Å². The number of alkyl halides is 3. The van der Waals surface area contributed by atoms with Crippen molar-refractivity contribution in [2.75, 3.05) is 48.3 Å². The molecule has 2 saturated heterocycles. The number of nitrogens with one attached hydrogen (secondary N) is 2. The molecule has 9 nitrogen and oxygen atoms in total. The first kappa shape index (κ1) is 31.5. The second-order valence-corrected chi connectivity index (χ2v) is 11.8. The number of allylic oxidation sites excluding steroid dienone is 1. The molecule has 0 unspecified atom stereocenters. The molecule has 44 heavy (non-hydrogen) atoms. The van der Waals surface area contributed by atoms with Crippen molar-refractivity contribution in [2.45, 2.75) is 58.2 Å². The van der Waals surface area contributed by atoms with Crippen LogP contribution in [0.3, 0.4) is 0 Å². The topological polar surface area (TPSA) is 85.9 Å². The van der Waals surface area contributed by atoms with Gasteiger partial charge in [0.05, 0.1) is 34.7 Å². The fraction of sp³-hybridized carbons (Fsp3) is 0.452. The van der Waals surface area contributed by atoms with E-state index in [0.717, 1.165) is 12.3 Å². The van der Waals surface area contributed by atoms with Crippen molar-refractivity contribution < 1.29 is 27.1 Å². The van der Waals surface area contributed by atoms with Gasteiger partial charge in [0.25, 0.3) is 5.91 Å². The van der Waals surface area contributed by atoms with Gasteiger partial charge in [0.15, 0.2) is 0 Å². The number of rotatable bonds is 5. The number of carbonyl (C=O) groups excluding carboxylic acids is 1. The highest BCUT2D eigenvalue weighted by Crippen LogP contribution is 2.38. The molecule has 3 aliphatic rings. The molecule has 2 N–H and O–H groups in total. The fourth-order valence-electron chi connectivity index (χ4n) is 5.86. The van der Waals surface area contributed by atoms with Crippen LogP contribution >= 0.6 is 0 Å². The minimum absolute atomic E-state index is 0.00143. The molecule has 2 fully saturated rings. The maximum atomic E-state index is 15.8. The van der Waals surface area contributed by atoms with Gasteiger partial charge in [-0.15, -0.1) is 0 Å². The maximum absolute atomic E-state index is 15.8. The molecule has 1 amide bonds. The van der Waals surface area contributed by atoms with Gasteiger partial charge in [0.2, 0.25) is 5.95 Å². The Morgan fingerprint density at radius 1 is 1.02 bits per heavy atom. The van der Waals surface area contributed by atoms with E-state index in [2.05, 4.69) is 32.1 Å². The number of nitrogens with zero attached hydrogens (tertiary/aromatic N) is 5. The maximum Gasteiger partial charge on any atom is 0.417 e. The summed E-state index contributed by atoms with van der Waals surface area (Å²) in [5, 5.41) is 5.22. The zero-order valence-corrected chi connectivity index (χ0v) is 25.4. The van der Waals surface area contributed by atoms with Gasteiger partial charge in [0, 0.05) is 73.7 Å². The highest BCUT2D eigenvalue weighted by molar-refractivity contribution is 6.09. The highest BCUT2D eigenvalue weighted by Gasteiger charge is 2.40. The first-order valence-electron chi connectivity index (χ1n) is 14.5. The van der Waals surface area contributed by atoms with Gasteiger partial charge in [-0.25, -0.2) is 14.4 Å². The van der Waals surface area contributed by atoms with Gasteiger partial charge in [-0.3, -0.25) is 9.69 Å². The predicted molar refractivity (Wildman–Crippen MR) is 162 cm³/mol. The third-order valence-electron chi connectivity index (χ3n) is 8.25. The molecule has 1 aromatic carbocycles. The summed E-state index contributed by atoms with van der Waals surface area (Å²) in [6.45, 7) is 13.8. The summed E-state index contributed by atoms with van der Waals surface area (Å²) in [6.07, 6.45) is -0.0320. The molecule has 0 bridgehead atoms. The summed E-state index contributed by atoms with van der Waals surface area (Å²) in [5.41, 5.74) is -0.737. The van der Waals surface area contributed by atoms with Crippen LogP contribution in [0, 0.1) is 5.82 Å². The minimum atomic E-state index is -4.79. The second kappa shape index (κ2) is 12.2. The number of aromatic nitrogens is 2. The average Bonchev–Trinajstić information content (AvgIpc) is 2.95. The van der Waals surface area contributed by atoms with E-state index >= 15 is 4.39 Å². The van der Waals surface area contributed by atoms with E-state index < -0.39 is 29.0 Å². The quantitative estimate of drug-likeness (QED) is 0.462. The van der Waals surface area contributed by atoms with E-state index in [4.69, 9.17) is 4.74 Å². The Bertz CT molecular complexity index is 1470. The molecule has 236 valence electrons. The molecular weight excluding hydrogens is 578 g/mol. The van der Waals surface area contributed by atoms with E-state index in [1.165, 1.54) is 24.5 Å². The Morgan fingerprint density at radius 3 is 2.23 bits per heavy atom. The molecule has 3 aliphatic heterocycles. The van der Waals surface area contributed by atoms with E-state index in [1.54, 1.807) is 0 Å². The summed E-state index contributed by atoms with van der Waals surface area (Å²) in [4.78, 5) is 28.5. The Balaban J connectivity index is 1.51. The fourth-order valence-corrected chi connectivity index (χ4v) is 5.86. The lowest BCUT2D eigenvalue weighted by Gasteiger charge is -2.44. The van der Waals surface area contributed by atoms with Gasteiger partial charge < -0.3 is 25.2 Å². The molecule has 2 aromatic rings. The number of likely N-dealkylation sites (N-methyl/N-ethyl adjacent to an activating group) is 1. The third kappa shape index (κ3) is 6.58. The first-order valence-corrected chi connectivity index (χ1v) is 14.5. The normalized spacial score (nSPS) is 24.9. The first-order chi connectivity index (χ1) is 20.7. The molecule has 0 aliphatic carbocycles. The number of amides is 1. The molecule has 13 heteroatoms. The summed E-state index contributed by atoms with van der Waals surface area (Å²) in [5.74, 6) is -1.09. The molecule has 4 atom stereocenters. The SMILES string of the molecule is C=C1C=C(C(F)(F)F)C(C(=O)Nc2cc(-c3cnc(N4C[C@@H](C)O[C@@H](C)C4)nc3)c(F)cc2N2C[C@@H](C)N(C)[C@@H](C)C2)=CN1. The van der Waals surface area contributed by atoms with Crippen LogP contribution in [-0.4, -0.2) is 84.5 Å². The van der Waals surface area contributed by atoms with Crippen molar-refractivity contribution in [3.8, 4) is 11.1 Å². The van der Waals surface area contributed by atoms with Crippen molar-refractivity contribution in [3.05, 3.63) is 66.0 Å². The zero-order valence-electron chi connectivity index (χ0n) is 25.4. The van der Waals surface area contributed by atoms with Crippen molar-refractivity contribution in [2.24, 2.45) is 0 Å². The van der Waals surface area contributed by atoms with Gasteiger partial charge in [0.1, 0.15) is 5.82 Å². The number of ether oxygens (including phenoxy) is 1. The number of halogens is 4. The number of anilines is 3. The van der Waals surface area contributed by atoms with Gasteiger partial charge >= 0.3 is 6.18 Å². The van der Waals surface area contributed by atoms with Gasteiger partial charge in [-0.1, -0.05) is 6.58 Å². The highest BCUT2D eigenvalue weighted by atomic mass is 19.4. The monoisotopic (exact) mass is 615 g/mol. The number of piperazine rings is 1. The van der Waals surface area contributed by atoms with Crippen LogP contribution in [0.5, 0.6) is 0 Å². The van der Waals surface area contributed by atoms with Crippen LogP contribution in [0.1, 0.15) is 27.7 Å².